The highest BCUT2D eigenvalue weighted by Gasteiger charge is 2.41. The highest BCUT2D eigenvalue weighted by Crippen LogP contribution is 2.31. The van der Waals surface area contributed by atoms with Gasteiger partial charge in [-0.2, -0.15) is 0 Å². The Labute approximate surface area is 148 Å². The molecule has 0 unspecified atom stereocenters. The maximum absolute atomic E-state index is 12.8. The molecule has 0 saturated carbocycles. The summed E-state index contributed by atoms with van der Waals surface area (Å²) in [7, 11) is 0. The molecule has 1 spiro atoms. The number of nitrogens with zero attached hydrogens (tertiary/aromatic N) is 4. The largest absolute Gasteiger partial charge is 0.357 e. The first-order chi connectivity index (χ1) is 12.3. The van der Waals surface area contributed by atoms with Gasteiger partial charge in [0.25, 0.3) is 5.91 Å². The first kappa shape index (κ1) is 16.7. The minimum absolute atomic E-state index is 0.0219. The molecular formula is C18H26N4O3. The van der Waals surface area contributed by atoms with E-state index in [0.717, 1.165) is 31.7 Å². The summed E-state index contributed by atoms with van der Waals surface area (Å²) in [6, 6.07) is 1.85. The third kappa shape index (κ3) is 3.62. The summed E-state index contributed by atoms with van der Waals surface area (Å²) in [5, 5.41) is 0. The molecule has 4 rings (SSSR count). The lowest BCUT2D eigenvalue weighted by atomic mass is 10.0. The van der Waals surface area contributed by atoms with Gasteiger partial charge in [-0.25, -0.2) is 9.97 Å². The average molecular weight is 346 g/mol. The first-order valence-corrected chi connectivity index (χ1v) is 9.40. The van der Waals surface area contributed by atoms with Crippen LogP contribution in [0.2, 0.25) is 0 Å². The zero-order chi connectivity index (χ0) is 17.1. The molecule has 3 saturated heterocycles. The van der Waals surface area contributed by atoms with Crippen molar-refractivity contribution in [2.45, 2.75) is 44.3 Å². The van der Waals surface area contributed by atoms with E-state index in [-0.39, 0.29) is 5.91 Å². The van der Waals surface area contributed by atoms with Crippen LogP contribution in [0.25, 0.3) is 0 Å². The molecule has 1 aromatic rings. The van der Waals surface area contributed by atoms with E-state index in [1.54, 1.807) is 0 Å². The van der Waals surface area contributed by atoms with E-state index < -0.39 is 5.79 Å². The summed E-state index contributed by atoms with van der Waals surface area (Å²) in [5.74, 6) is 0.391. The molecule has 3 aliphatic rings. The van der Waals surface area contributed by atoms with Gasteiger partial charge in [-0.3, -0.25) is 4.79 Å². The van der Waals surface area contributed by atoms with Crippen LogP contribution in [0.3, 0.4) is 0 Å². The van der Waals surface area contributed by atoms with Crippen molar-refractivity contribution in [2.75, 3.05) is 44.3 Å². The summed E-state index contributed by atoms with van der Waals surface area (Å²) in [6.45, 7) is 4.60. The van der Waals surface area contributed by atoms with Gasteiger partial charge >= 0.3 is 0 Å². The maximum atomic E-state index is 12.8. The van der Waals surface area contributed by atoms with Crippen molar-refractivity contribution in [1.29, 1.82) is 0 Å². The Morgan fingerprint density at radius 2 is 1.64 bits per heavy atom. The number of anilines is 1. The lowest BCUT2D eigenvalue weighted by Crippen LogP contribution is -2.47. The first-order valence-electron chi connectivity index (χ1n) is 9.40. The van der Waals surface area contributed by atoms with Crippen molar-refractivity contribution < 1.29 is 14.3 Å². The van der Waals surface area contributed by atoms with Crippen LogP contribution in [0.4, 0.5) is 5.82 Å². The van der Waals surface area contributed by atoms with Crippen molar-refractivity contribution in [3.8, 4) is 0 Å². The van der Waals surface area contributed by atoms with Crippen LogP contribution in [-0.4, -0.2) is 66.0 Å². The van der Waals surface area contributed by atoms with Crippen LogP contribution in [-0.2, 0) is 9.47 Å². The lowest BCUT2D eigenvalue weighted by molar-refractivity contribution is -0.181. The third-order valence-corrected chi connectivity index (χ3v) is 5.43. The molecule has 1 aromatic heterocycles. The van der Waals surface area contributed by atoms with Gasteiger partial charge in [0.2, 0.25) is 0 Å². The van der Waals surface area contributed by atoms with Crippen LogP contribution in [0, 0.1) is 0 Å². The Bertz CT molecular complexity index is 600. The van der Waals surface area contributed by atoms with Crippen molar-refractivity contribution in [1.82, 2.24) is 14.9 Å². The minimum Gasteiger partial charge on any atom is -0.357 e. The smallest absolute Gasteiger partial charge is 0.272 e. The second-order valence-electron chi connectivity index (χ2n) is 7.06. The Kier molecular flexibility index (Phi) is 4.85. The van der Waals surface area contributed by atoms with E-state index in [9.17, 15) is 4.79 Å². The van der Waals surface area contributed by atoms with Gasteiger partial charge in [0.1, 0.15) is 17.8 Å². The van der Waals surface area contributed by atoms with E-state index in [4.69, 9.17) is 9.47 Å². The number of rotatable bonds is 2. The average Bonchev–Trinajstić information content (AvgIpc) is 2.94. The molecule has 7 heteroatoms. The molecule has 0 radical (unpaired) electrons. The quantitative estimate of drug-likeness (QED) is 0.814. The minimum atomic E-state index is -0.459. The summed E-state index contributed by atoms with van der Waals surface area (Å²) < 4.78 is 11.5. The van der Waals surface area contributed by atoms with E-state index in [0.29, 0.717) is 32.0 Å². The third-order valence-electron chi connectivity index (χ3n) is 5.43. The molecule has 1 amide bonds. The van der Waals surface area contributed by atoms with E-state index in [1.165, 1.54) is 32.0 Å². The lowest BCUT2D eigenvalue weighted by Gasteiger charge is -2.37. The summed E-state index contributed by atoms with van der Waals surface area (Å²) in [5.41, 5.74) is 0.485. The summed E-state index contributed by atoms with van der Waals surface area (Å²) >= 11 is 0. The number of carbonyl (C=O) groups excluding carboxylic acids is 1. The van der Waals surface area contributed by atoms with Crippen molar-refractivity contribution in [2.24, 2.45) is 0 Å². The number of piperidine rings is 1. The second-order valence-corrected chi connectivity index (χ2v) is 7.06. The molecule has 3 fully saturated rings. The molecule has 25 heavy (non-hydrogen) atoms. The Balaban J connectivity index is 1.42. The van der Waals surface area contributed by atoms with E-state index in [2.05, 4.69) is 14.9 Å². The molecule has 0 atom stereocenters. The normalized spacial score (nSPS) is 23.7. The predicted octanol–water partition coefficient (Wildman–Crippen LogP) is 1.84. The second kappa shape index (κ2) is 7.25. The number of ether oxygens (including phenoxy) is 2. The Morgan fingerprint density at radius 1 is 0.960 bits per heavy atom. The number of likely N-dealkylation sites (tertiary alicyclic amines) is 1. The number of amides is 1. The van der Waals surface area contributed by atoms with Gasteiger partial charge in [-0.05, 0) is 12.8 Å². The number of hydrogen-bond acceptors (Lipinski definition) is 6. The SMILES string of the molecule is O=C(c1cc(N2CCCCCC2)ncn1)N1CCC2(CC1)OCCO2. The fourth-order valence-electron chi connectivity index (χ4n) is 3.93. The molecule has 4 heterocycles. The van der Waals surface area contributed by atoms with Crippen LogP contribution in [0.1, 0.15) is 49.0 Å². The fraction of sp³-hybridized carbons (Fsp3) is 0.722. The molecule has 0 aliphatic carbocycles. The zero-order valence-corrected chi connectivity index (χ0v) is 14.7. The predicted molar refractivity (Wildman–Crippen MR) is 92.5 cm³/mol. The molecule has 0 aromatic carbocycles. The molecule has 7 nitrogen and oxygen atoms in total. The maximum Gasteiger partial charge on any atom is 0.272 e. The Morgan fingerprint density at radius 3 is 2.32 bits per heavy atom. The number of aromatic nitrogens is 2. The monoisotopic (exact) mass is 346 g/mol. The fourth-order valence-corrected chi connectivity index (χ4v) is 3.93. The Hall–Kier alpha value is -1.73. The van der Waals surface area contributed by atoms with E-state index in [1.807, 2.05) is 11.0 Å². The topological polar surface area (TPSA) is 67.8 Å². The zero-order valence-electron chi connectivity index (χ0n) is 14.7. The van der Waals surface area contributed by atoms with Crippen LogP contribution in [0.15, 0.2) is 12.4 Å². The molecular weight excluding hydrogens is 320 g/mol. The highest BCUT2D eigenvalue weighted by molar-refractivity contribution is 5.93. The highest BCUT2D eigenvalue weighted by atomic mass is 16.7. The van der Waals surface area contributed by atoms with Crippen LogP contribution < -0.4 is 4.90 Å². The van der Waals surface area contributed by atoms with Gasteiger partial charge in [-0.15, -0.1) is 0 Å². The standard InChI is InChI=1S/C18H26N4O3/c23-17(22-9-5-18(6-10-22)24-11-12-25-18)15-13-16(20-14-19-15)21-7-3-1-2-4-8-21/h13-14H,1-12H2. The summed E-state index contributed by atoms with van der Waals surface area (Å²) in [6.07, 6.45) is 7.87. The number of hydrogen-bond donors (Lipinski definition) is 0. The van der Waals surface area contributed by atoms with Gasteiger partial charge in [-0.1, -0.05) is 12.8 Å². The van der Waals surface area contributed by atoms with Crippen LogP contribution in [0.5, 0.6) is 0 Å². The van der Waals surface area contributed by atoms with Gasteiger partial charge < -0.3 is 19.3 Å². The van der Waals surface area contributed by atoms with Gasteiger partial charge in [0, 0.05) is 45.1 Å². The molecule has 0 N–H and O–H groups in total. The number of carbonyl (C=O) groups is 1. The van der Waals surface area contributed by atoms with Crippen molar-refractivity contribution >= 4 is 11.7 Å². The molecule has 3 aliphatic heterocycles. The van der Waals surface area contributed by atoms with Crippen LogP contribution >= 0.6 is 0 Å². The van der Waals surface area contributed by atoms with E-state index >= 15 is 0 Å². The van der Waals surface area contributed by atoms with Crippen molar-refractivity contribution in [3.63, 3.8) is 0 Å². The molecule has 136 valence electrons. The van der Waals surface area contributed by atoms with Gasteiger partial charge in [0.15, 0.2) is 5.79 Å². The summed E-state index contributed by atoms with van der Waals surface area (Å²) in [4.78, 5) is 25.6. The molecule has 0 bridgehead atoms. The van der Waals surface area contributed by atoms with Gasteiger partial charge in [0.05, 0.1) is 13.2 Å². The van der Waals surface area contributed by atoms with Crippen molar-refractivity contribution in [3.05, 3.63) is 18.1 Å².